The molecular formula is C9H18N2O. The Morgan fingerprint density at radius 3 is 2.58 bits per heavy atom. The van der Waals surface area contributed by atoms with Crippen molar-refractivity contribution in [2.45, 2.75) is 26.8 Å². The number of carbonyl (C=O) groups is 1. The summed E-state index contributed by atoms with van der Waals surface area (Å²) in [5.74, 6) is 0.207. The summed E-state index contributed by atoms with van der Waals surface area (Å²) in [7, 11) is 0. The zero-order chi connectivity index (χ0) is 9.14. The Balaban J connectivity index is 2.47. The van der Waals surface area contributed by atoms with Crippen molar-refractivity contribution in [3.8, 4) is 0 Å². The van der Waals surface area contributed by atoms with Crippen molar-refractivity contribution in [3.05, 3.63) is 0 Å². The molecule has 0 N–H and O–H groups in total. The number of hydrogen-bond donors (Lipinski definition) is 0. The van der Waals surface area contributed by atoms with Crippen LogP contribution in [-0.2, 0) is 4.79 Å². The minimum absolute atomic E-state index is 0.207. The quantitative estimate of drug-likeness (QED) is 0.574. The second kappa shape index (κ2) is 3.90. The van der Waals surface area contributed by atoms with Gasteiger partial charge in [-0.1, -0.05) is 6.92 Å². The van der Waals surface area contributed by atoms with Crippen molar-refractivity contribution in [2.75, 3.05) is 26.2 Å². The van der Waals surface area contributed by atoms with Gasteiger partial charge in [0, 0.05) is 32.6 Å². The number of piperazine rings is 1. The van der Waals surface area contributed by atoms with Crippen LogP contribution in [0.5, 0.6) is 0 Å². The monoisotopic (exact) mass is 170 g/mol. The fourth-order valence-electron chi connectivity index (χ4n) is 1.79. The maximum Gasteiger partial charge on any atom is 0.219 e. The molecule has 70 valence electrons. The van der Waals surface area contributed by atoms with Crippen molar-refractivity contribution >= 4 is 5.91 Å². The smallest absolute Gasteiger partial charge is 0.219 e. The summed E-state index contributed by atoms with van der Waals surface area (Å²) in [5.41, 5.74) is 0. The van der Waals surface area contributed by atoms with E-state index in [1.165, 1.54) is 0 Å². The Hall–Kier alpha value is -0.570. The summed E-state index contributed by atoms with van der Waals surface area (Å²) in [6.07, 6.45) is 0. The Morgan fingerprint density at radius 1 is 1.50 bits per heavy atom. The van der Waals surface area contributed by atoms with Gasteiger partial charge in [-0.3, -0.25) is 9.69 Å². The first-order valence-corrected chi connectivity index (χ1v) is 4.64. The first-order valence-electron chi connectivity index (χ1n) is 4.64. The summed E-state index contributed by atoms with van der Waals surface area (Å²) in [4.78, 5) is 15.4. The highest BCUT2D eigenvalue weighted by molar-refractivity contribution is 5.73. The van der Waals surface area contributed by atoms with Gasteiger partial charge in [-0.2, -0.15) is 0 Å². The molecule has 3 nitrogen and oxygen atoms in total. The van der Waals surface area contributed by atoms with Gasteiger partial charge in [-0.05, 0) is 13.5 Å². The average molecular weight is 170 g/mol. The minimum Gasteiger partial charge on any atom is -0.338 e. The fourth-order valence-corrected chi connectivity index (χ4v) is 1.79. The molecule has 0 spiro atoms. The van der Waals surface area contributed by atoms with E-state index in [1.54, 1.807) is 6.92 Å². The first-order chi connectivity index (χ1) is 5.65. The highest BCUT2D eigenvalue weighted by Crippen LogP contribution is 2.08. The lowest BCUT2D eigenvalue weighted by atomic mass is 10.2. The van der Waals surface area contributed by atoms with Crippen LogP contribution in [0.4, 0.5) is 0 Å². The van der Waals surface area contributed by atoms with Gasteiger partial charge in [-0.15, -0.1) is 0 Å². The molecule has 0 radical (unpaired) electrons. The van der Waals surface area contributed by atoms with Gasteiger partial charge in [0.15, 0.2) is 0 Å². The van der Waals surface area contributed by atoms with Gasteiger partial charge in [0.05, 0.1) is 0 Å². The number of carbonyl (C=O) groups excluding carboxylic acids is 1. The third kappa shape index (κ3) is 1.97. The summed E-state index contributed by atoms with van der Waals surface area (Å²) in [5, 5.41) is 0. The fraction of sp³-hybridized carbons (Fsp3) is 0.889. The molecule has 3 heteroatoms. The topological polar surface area (TPSA) is 23.6 Å². The van der Waals surface area contributed by atoms with E-state index in [2.05, 4.69) is 18.7 Å². The Kier molecular flexibility index (Phi) is 3.09. The second-order valence-corrected chi connectivity index (χ2v) is 3.45. The molecule has 1 heterocycles. The molecule has 1 amide bonds. The largest absolute Gasteiger partial charge is 0.338 e. The van der Waals surface area contributed by atoms with Crippen LogP contribution in [-0.4, -0.2) is 47.9 Å². The van der Waals surface area contributed by atoms with Crippen LogP contribution in [0.3, 0.4) is 0 Å². The molecule has 1 unspecified atom stereocenters. The van der Waals surface area contributed by atoms with E-state index in [0.29, 0.717) is 6.04 Å². The zero-order valence-corrected chi connectivity index (χ0v) is 8.21. The van der Waals surface area contributed by atoms with Crippen LogP contribution in [0.15, 0.2) is 0 Å². The molecule has 0 bridgehead atoms. The molecule has 0 aromatic heterocycles. The summed E-state index contributed by atoms with van der Waals surface area (Å²) in [6, 6.07) is 0.385. The third-order valence-electron chi connectivity index (χ3n) is 2.56. The zero-order valence-electron chi connectivity index (χ0n) is 8.21. The van der Waals surface area contributed by atoms with Gasteiger partial charge < -0.3 is 4.90 Å². The Bertz CT molecular complexity index is 170. The molecule has 1 saturated heterocycles. The van der Waals surface area contributed by atoms with Crippen molar-refractivity contribution in [1.29, 1.82) is 0 Å². The summed E-state index contributed by atoms with van der Waals surface area (Å²) < 4.78 is 0. The van der Waals surface area contributed by atoms with Gasteiger partial charge in [0.1, 0.15) is 0 Å². The standard InChI is InChI=1S/C9H18N2O/c1-4-10-5-6-11(9(3)12)8(2)7-10/h8H,4-7H2,1-3H3. The van der Waals surface area contributed by atoms with Crippen molar-refractivity contribution in [3.63, 3.8) is 0 Å². The number of amides is 1. The maximum absolute atomic E-state index is 11.1. The van der Waals surface area contributed by atoms with Crippen LogP contribution in [0.1, 0.15) is 20.8 Å². The molecule has 1 aliphatic heterocycles. The van der Waals surface area contributed by atoms with E-state index in [0.717, 1.165) is 26.2 Å². The molecule has 1 rings (SSSR count). The van der Waals surface area contributed by atoms with Gasteiger partial charge in [0.2, 0.25) is 5.91 Å². The van der Waals surface area contributed by atoms with E-state index < -0.39 is 0 Å². The number of rotatable bonds is 1. The summed E-state index contributed by atoms with van der Waals surface area (Å²) >= 11 is 0. The van der Waals surface area contributed by atoms with Crippen LogP contribution in [0.25, 0.3) is 0 Å². The maximum atomic E-state index is 11.1. The van der Waals surface area contributed by atoms with Gasteiger partial charge in [0.25, 0.3) is 0 Å². The van der Waals surface area contributed by atoms with Crippen molar-refractivity contribution < 1.29 is 4.79 Å². The SMILES string of the molecule is CCN1CCN(C(C)=O)C(C)C1. The Morgan fingerprint density at radius 2 is 2.17 bits per heavy atom. The lowest BCUT2D eigenvalue weighted by Gasteiger charge is -2.38. The average Bonchev–Trinajstić information content (AvgIpc) is 2.03. The number of hydrogen-bond acceptors (Lipinski definition) is 2. The molecule has 1 atom stereocenters. The van der Waals surface area contributed by atoms with E-state index >= 15 is 0 Å². The highest BCUT2D eigenvalue weighted by Gasteiger charge is 2.23. The van der Waals surface area contributed by atoms with Crippen molar-refractivity contribution in [2.24, 2.45) is 0 Å². The van der Waals surface area contributed by atoms with E-state index in [-0.39, 0.29) is 5.91 Å². The number of likely N-dealkylation sites (N-methyl/N-ethyl adjacent to an activating group) is 1. The van der Waals surface area contributed by atoms with Crippen LogP contribution >= 0.6 is 0 Å². The second-order valence-electron chi connectivity index (χ2n) is 3.45. The molecule has 0 aromatic carbocycles. The van der Waals surface area contributed by atoms with Crippen LogP contribution in [0.2, 0.25) is 0 Å². The van der Waals surface area contributed by atoms with E-state index in [1.807, 2.05) is 4.90 Å². The molecule has 0 saturated carbocycles. The summed E-state index contributed by atoms with van der Waals surface area (Å²) in [6.45, 7) is 9.97. The molecule has 0 aromatic rings. The minimum atomic E-state index is 0.207. The normalized spacial score (nSPS) is 25.9. The van der Waals surface area contributed by atoms with Gasteiger partial charge in [-0.25, -0.2) is 0 Å². The molecule has 12 heavy (non-hydrogen) atoms. The van der Waals surface area contributed by atoms with Crippen LogP contribution < -0.4 is 0 Å². The van der Waals surface area contributed by atoms with E-state index in [4.69, 9.17) is 0 Å². The lowest BCUT2D eigenvalue weighted by Crippen LogP contribution is -2.53. The number of nitrogens with zero attached hydrogens (tertiary/aromatic N) is 2. The third-order valence-corrected chi connectivity index (χ3v) is 2.56. The predicted molar refractivity (Wildman–Crippen MR) is 49.0 cm³/mol. The molecule has 1 fully saturated rings. The first kappa shape index (κ1) is 9.52. The predicted octanol–water partition coefficient (Wildman–Crippen LogP) is 0.559. The van der Waals surface area contributed by atoms with Gasteiger partial charge >= 0.3 is 0 Å². The van der Waals surface area contributed by atoms with E-state index in [9.17, 15) is 4.79 Å². The molecular weight excluding hydrogens is 152 g/mol. The lowest BCUT2D eigenvalue weighted by molar-refractivity contribution is -0.133. The molecule has 1 aliphatic rings. The molecule has 0 aliphatic carbocycles. The van der Waals surface area contributed by atoms with Crippen molar-refractivity contribution in [1.82, 2.24) is 9.80 Å². The Labute approximate surface area is 74.3 Å². The van der Waals surface area contributed by atoms with Crippen LogP contribution in [0, 0.1) is 0 Å². The highest BCUT2D eigenvalue weighted by atomic mass is 16.2.